The SMILES string of the molecule is O=C(CSc1nc2sc3c(c2c(=O)n1C1CCCC1)CCC3)Nc1ccccc1[N+](=O)[O-]. The number of nitro groups is 1. The number of thioether (sulfide) groups is 1. The fourth-order valence-electron chi connectivity index (χ4n) is 4.68. The second-order valence-corrected chi connectivity index (χ2v) is 10.2. The predicted octanol–water partition coefficient (Wildman–Crippen LogP) is 4.70. The summed E-state index contributed by atoms with van der Waals surface area (Å²) >= 11 is 2.82. The van der Waals surface area contributed by atoms with E-state index in [2.05, 4.69) is 5.32 Å². The molecule has 5 rings (SSSR count). The van der Waals surface area contributed by atoms with Crippen LogP contribution in [-0.4, -0.2) is 26.1 Å². The fourth-order valence-corrected chi connectivity index (χ4v) is 6.85. The topological polar surface area (TPSA) is 107 Å². The van der Waals surface area contributed by atoms with Gasteiger partial charge in [0.25, 0.3) is 11.2 Å². The molecule has 0 aliphatic heterocycles. The molecule has 0 atom stereocenters. The molecule has 0 bridgehead atoms. The van der Waals surface area contributed by atoms with Gasteiger partial charge in [0, 0.05) is 17.0 Å². The van der Waals surface area contributed by atoms with Gasteiger partial charge in [-0.05, 0) is 43.7 Å². The maximum atomic E-state index is 13.6. The molecule has 2 aliphatic carbocycles. The van der Waals surface area contributed by atoms with Crippen molar-refractivity contribution in [1.29, 1.82) is 0 Å². The molecule has 2 aromatic heterocycles. The zero-order chi connectivity index (χ0) is 22.2. The Morgan fingerprint density at radius 2 is 2.03 bits per heavy atom. The van der Waals surface area contributed by atoms with E-state index in [4.69, 9.17) is 4.98 Å². The molecule has 1 fully saturated rings. The zero-order valence-corrected chi connectivity index (χ0v) is 19.0. The van der Waals surface area contributed by atoms with Gasteiger partial charge >= 0.3 is 0 Å². The average Bonchev–Trinajstić information content (AvgIpc) is 3.50. The first-order chi connectivity index (χ1) is 15.5. The van der Waals surface area contributed by atoms with Crippen LogP contribution >= 0.6 is 23.1 Å². The van der Waals surface area contributed by atoms with Crippen molar-refractivity contribution in [2.24, 2.45) is 0 Å². The molecule has 0 spiro atoms. The minimum Gasteiger partial charge on any atom is -0.320 e. The molecule has 2 heterocycles. The van der Waals surface area contributed by atoms with Gasteiger partial charge in [-0.3, -0.25) is 24.3 Å². The van der Waals surface area contributed by atoms with Gasteiger partial charge < -0.3 is 5.32 Å². The molecular weight excluding hydrogens is 448 g/mol. The van der Waals surface area contributed by atoms with E-state index in [1.807, 2.05) is 4.57 Å². The van der Waals surface area contributed by atoms with Crippen LogP contribution in [0.3, 0.4) is 0 Å². The van der Waals surface area contributed by atoms with E-state index in [0.717, 1.165) is 55.2 Å². The molecule has 166 valence electrons. The molecular formula is C22H22N4O4S2. The van der Waals surface area contributed by atoms with E-state index >= 15 is 0 Å². The number of nitro benzene ring substituents is 1. The van der Waals surface area contributed by atoms with Crippen LogP contribution in [0.4, 0.5) is 11.4 Å². The highest BCUT2D eigenvalue weighted by molar-refractivity contribution is 7.99. The molecule has 1 amide bonds. The number of aryl methyl sites for hydroxylation is 2. The first-order valence-corrected chi connectivity index (χ1v) is 12.6. The van der Waals surface area contributed by atoms with Gasteiger partial charge in [-0.15, -0.1) is 11.3 Å². The molecule has 10 heteroatoms. The van der Waals surface area contributed by atoms with Gasteiger partial charge in [0.1, 0.15) is 10.5 Å². The normalized spacial score (nSPS) is 15.9. The third-order valence-electron chi connectivity index (χ3n) is 6.14. The summed E-state index contributed by atoms with van der Waals surface area (Å²) in [4.78, 5) is 43.7. The van der Waals surface area contributed by atoms with E-state index in [0.29, 0.717) is 5.16 Å². The Labute approximate surface area is 192 Å². The maximum Gasteiger partial charge on any atom is 0.292 e. The number of nitrogens with zero attached hydrogens (tertiary/aromatic N) is 3. The first kappa shape index (κ1) is 21.1. The molecule has 2 aliphatic rings. The van der Waals surface area contributed by atoms with E-state index in [9.17, 15) is 19.7 Å². The third kappa shape index (κ3) is 3.81. The largest absolute Gasteiger partial charge is 0.320 e. The standard InChI is InChI=1S/C22H22N4O4S2/c27-18(23-15-9-3-4-10-16(15)26(29)30)12-31-22-24-20-19(14-8-5-11-17(14)32-20)21(28)25(22)13-6-1-2-7-13/h3-4,9-10,13H,1-2,5-8,11-12H2,(H,23,27). The highest BCUT2D eigenvalue weighted by Crippen LogP contribution is 2.38. The average molecular weight is 471 g/mol. The van der Waals surface area contributed by atoms with Crippen LogP contribution in [0.5, 0.6) is 0 Å². The molecule has 0 radical (unpaired) electrons. The van der Waals surface area contributed by atoms with Gasteiger partial charge in [-0.25, -0.2) is 4.98 Å². The van der Waals surface area contributed by atoms with Gasteiger partial charge in [-0.1, -0.05) is 36.7 Å². The van der Waals surface area contributed by atoms with Crippen molar-refractivity contribution in [3.8, 4) is 0 Å². The minimum atomic E-state index is -0.522. The Balaban J connectivity index is 1.44. The summed E-state index contributed by atoms with van der Waals surface area (Å²) in [5.74, 6) is -0.354. The van der Waals surface area contributed by atoms with E-state index in [-0.39, 0.29) is 34.6 Å². The number of hydrogen-bond acceptors (Lipinski definition) is 7. The molecule has 1 N–H and O–H groups in total. The number of amides is 1. The number of fused-ring (bicyclic) bond motifs is 3. The van der Waals surface area contributed by atoms with Crippen LogP contribution in [-0.2, 0) is 17.6 Å². The second-order valence-electron chi connectivity index (χ2n) is 8.16. The van der Waals surface area contributed by atoms with Crippen molar-refractivity contribution < 1.29 is 9.72 Å². The van der Waals surface area contributed by atoms with Crippen molar-refractivity contribution in [2.75, 3.05) is 11.1 Å². The number of carbonyl (C=O) groups is 1. The van der Waals surface area contributed by atoms with Gasteiger partial charge in [0.2, 0.25) is 5.91 Å². The molecule has 3 aromatic rings. The molecule has 1 aromatic carbocycles. The van der Waals surface area contributed by atoms with E-state index in [1.165, 1.54) is 34.3 Å². The maximum absolute atomic E-state index is 13.6. The second kappa shape index (κ2) is 8.67. The van der Waals surface area contributed by atoms with Crippen LogP contribution in [0.2, 0.25) is 0 Å². The molecule has 0 unspecified atom stereocenters. The minimum absolute atomic E-state index is 0.0157. The highest BCUT2D eigenvalue weighted by Gasteiger charge is 2.28. The summed E-state index contributed by atoms with van der Waals surface area (Å²) in [5.41, 5.74) is 1.19. The molecule has 8 nitrogen and oxygen atoms in total. The Kier molecular flexibility index (Phi) is 5.73. The molecule has 1 saturated carbocycles. The van der Waals surface area contributed by atoms with Crippen molar-refractivity contribution in [2.45, 2.75) is 56.1 Å². The Hall–Kier alpha value is -2.72. The number of rotatable bonds is 6. The lowest BCUT2D eigenvalue weighted by atomic mass is 10.2. The van der Waals surface area contributed by atoms with Gasteiger partial charge in [0.15, 0.2) is 5.16 Å². The summed E-state index contributed by atoms with van der Waals surface area (Å²) in [6.45, 7) is 0. The van der Waals surface area contributed by atoms with E-state index < -0.39 is 4.92 Å². The zero-order valence-electron chi connectivity index (χ0n) is 17.3. The lowest BCUT2D eigenvalue weighted by molar-refractivity contribution is -0.383. The molecule has 32 heavy (non-hydrogen) atoms. The summed E-state index contributed by atoms with van der Waals surface area (Å²) in [6, 6.07) is 6.16. The van der Waals surface area contributed by atoms with Crippen LogP contribution in [0, 0.1) is 10.1 Å². The monoisotopic (exact) mass is 470 g/mol. The van der Waals surface area contributed by atoms with Crippen molar-refractivity contribution in [3.63, 3.8) is 0 Å². The molecule has 0 saturated heterocycles. The Bertz CT molecular complexity index is 1280. The Morgan fingerprint density at radius 3 is 2.81 bits per heavy atom. The van der Waals surface area contributed by atoms with Crippen molar-refractivity contribution >= 4 is 50.6 Å². The number of hydrogen-bond donors (Lipinski definition) is 1. The van der Waals surface area contributed by atoms with Crippen molar-refractivity contribution in [3.05, 3.63) is 55.2 Å². The predicted molar refractivity (Wildman–Crippen MR) is 126 cm³/mol. The lowest BCUT2D eigenvalue weighted by Crippen LogP contribution is -2.27. The number of benzene rings is 1. The summed E-state index contributed by atoms with van der Waals surface area (Å²) in [5, 5.41) is 15.1. The van der Waals surface area contributed by atoms with Gasteiger partial charge in [0.05, 0.1) is 16.1 Å². The number of anilines is 1. The van der Waals surface area contributed by atoms with E-state index in [1.54, 1.807) is 23.5 Å². The summed E-state index contributed by atoms with van der Waals surface area (Å²) in [7, 11) is 0. The quantitative estimate of drug-likeness (QED) is 0.242. The first-order valence-electron chi connectivity index (χ1n) is 10.8. The van der Waals surface area contributed by atoms with Crippen LogP contribution in [0.15, 0.2) is 34.2 Å². The lowest BCUT2D eigenvalue weighted by Gasteiger charge is -2.18. The van der Waals surface area contributed by atoms with Crippen LogP contribution < -0.4 is 10.9 Å². The van der Waals surface area contributed by atoms with Crippen molar-refractivity contribution in [1.82, 2.24) is 9.55 Å². The smallest absolute Gasteiger partial charge is 0.292 e. The van der Waals surface area contributed by atoms with Crippen LogP contribution in [0.25, 0.3) is 10.2 Å². The third-order valence-corrected chi connectivity index (χ3v) is 8.27. The summed E-state index contributed by atoms with van der Waals surface area (Å²) in [6.07, 6.45) is 7.06. The number of thiophene rings is 1. The highest BCUT2D eigenvalue weighted by atomic mass is 32.2. The summed E-state index contributed by atoms with van der Waals surface area (Å²) < 4.78 is 1.81. The van der Waals surface area contributed by atoms with Crippen LogP contribution in [0.1, 0.15) is 48.6 Å². The number of aromatic nitrogens is 2. The Morgan fingerprint density at radius 1 is 1.25 bits per heavy atom. The fraction of sp³-hybridized carbons (Fsp3) is 0.409. The van der Waals surface area contributed by atoms with Gasteiger partial charge in [-0.2, -0.15) is 0 Å². The number of para-hydroxylation sites is 2. The number of nitrogens with one attached hydrogen (secondary N) is 1. The number of carbonyl (C=O) groups excluding carboxylic acids is 1.